The molecule has 0 aliphatic carbocycles. The monoisotopic (exact) mass is 362 g/mol. The van der Waals surface area contributed by atoms with E-state index in [2.05, 4.69) is 15.4 Å². The molecule has 0 fully saturated rings. The van der Waals surface area contributed by atoms with Crippen molar-refractivity contribution in [3.05, 3.63) is 59.7 Å². The van der Waals surface area contributed by atoms with Gasteiger partial charge in [-0.15, -0.1) is 0 Å². The molecule has 0 bridgehead atoms. The van der Waals surface area contributed by atoms with E-state index in [1.165, 1.54) is 6.92 Å². The molecule has 0 aliphatic rings. The van der Waals surface area contributed by atoms with Crippen LogP contribution in [0.4, 0.5) is 16.2 Å². The fourth-order valence-corrected chi connectivity index (χ4v) is 2.47. The van der Waals surface area contributed by atoms with Crippen LogP contribution in [-0.4, -0.2) is 20.2 Å². The highest BCUT2D eigenvalue weighted by atomic mass is 32.2. The number of rotatable bonds is 6. The summed E-state index contributed by atoms with van der Waals surface area (Å²) in [4.78, 5) is 23.1. The lowest BCUT2D eigenvalue weighted by atomic mass is 10.1. The van der Waals surface area contributed by atoms with E-state index in [4.69, 9.17) is 5.14 Å². The van der Waals surface area contributed by atoms with Crippen LogP contribution in [0, 0.1) is 0 Å². The highest BCUT2D eigenvalue weighted by Gasteiger charge is 2.05. The zero-order valence-electron chi connectivity index (χ0n) is 13.4. The van der Waals surface area contributed by atoms with Gasteiger partial charge in [0.2, 0.25) is 0 Å². The first kappa shape index (κ1) is 18.4. The van der Waals surface area contributed by atoms with Gasteiger partial charge in [0.05, 0.1) is 0 Å². The molecular weight excluding hydrogens is 344 g/mol. The van der Waals surface area contributed by atoms with Crippen molar-refractivity contribution in [2.75, 3.05) is 10.0 Å². The van der Waals surface area contributed by atoms with Gasteiger partial charge in [0.15, 0.2) is 5.78 Å². The molecule has 2 rings (SSSR count). The molecule has 0 atom stereocenters. The van der Waals surface area contributed by atoms with E-state index in [9.17, 15) is 18.0 Å². The Morgan fingerprint density at radius 2 is 1.52 bits per heavy atom. The van der Waals surface area contributed by atoms with Gasteiger partial charge in [-0.2, -0.15) is 8.42 Å². The summed E-state index contributed by atoms with van der Waals surface area (Å²) in [5, 5.41) is 10.2. The SMILES string of the molecule is CC(=O)c1ccc(NC(=O)NCc2ccc(NS(N)(=O)=O)cc2)cc1. The molecule has 2 amide bonds. The van der Waals surface area contributed by atoms with Crippen molar-refractivity contribution in [2.45, 2.75) is 13.5 Å². The van der Waals surface area contributed by atoms with Gasteiger partial charge in [0.1, 0.15) is 0 Å². The highest BCUT2D eigenvalue weighted by molar-refractivity contribution is 7.90. The second-order valence-corrected chi connectivity index (χ2v) is 6.58. The number of carbonyl (C=O) groups excluding carboxylic acids is 2. The zero-order chi connectivity index (χ0) is 18.4. The van der Waals surface area contributed by atoms with E-state index in [1.54, 1.807) is 48.5 Å². The number of nitrogens with two attached hydrogens (primary N) is 1. The fraction of sp³-hybridized carbons (Fsp3) is 0.125. The molecule has 0 aromatic heterocycles. The Hall–Kier alpha value is -2.91. The minimum atomic E-state index is -3.81. The number of Topliss-reactive ketones (excluding diaryl/α,β-unsaturated/α-hetero) is 1. The lowest BCUT2D eigenvalue weighted by Gasteiger charge is -2.09. The van der Waals surface area contributed by atoms with Crippen molar-refractivity contribution in [3.63, 3.8) is 0 Å². The van der Waals surface area contributed by atoms with Gasteiger partial charge in [-0.3, -0.25) is 9.52 Å². The molecule has 5 N–H and O–H groups in total. The third kappa shape index (κ3) is 6.24. The Bertz CT molecular complexity index is 862. The maximum Gasteiger partial charge on any atom is 0.319 e. The predicted molar refractivity (Wildman–Crippen MR) is 95.5 cm³/mol. The summed E-state index contributed by atoms with van der Waals surface area (Å²) in [5.74, 6) is -0.0450. The lowest BCUT2D eigenvalue weighted by molar-refractivity contribution is 0.101. The van der Waals surface area contributed by atoms with Crippen LogP contribution in [0.2, 0.25) is 0 Å². The van der Waals surface area contributed by atoms with Crippen LogP contribution in [0.15, 0.2) is 48.5 Å². The number of ketones is 1. The summed E-state index contributed by atoms with van der Waals surface area (Å²) in [5.41, 5.74) is 2.25. The van der Waals surface area contributed by atoms with Gasteiger partial charge >= 0.3 is 6.03 Å². The predicted octanol–water partition coefficient (Wildman–Crippen LogP) is 1.83. The first-order chi connectivity index (χ1) is 11.7. The van der Waals surface area contributed by atoms with Crippen molar-refractivity contribution in [1.29, 1.82) is 0 Å². The quantitative estimate of drug-likeness (QED) is 0.584. The van der Waals surface area contributed by atoms with Crippen molar-refractivity contribution in [1.82, 2.24) is 5.32 Å². The van der Waals surface area contributed by atoms with E-state index in [-0.39, 0.29) is 12.3 Å². The third-order valence-electron chi connectivity index (χ3n) is 3.22. The van der Waals surface area contributed by atoms with Crippen molar-refractivity contribution in [3.8, 4) is 0 Å². The van der Waals surface area contributed by atoms with Gasteiger partial charge in [0, 0.05) is 23.5 Å². The van der Waals surface area contributed by atoms with E-state index < -0.39 is 16.2 Å². The molecule has 9 heteroatoms. The van der Waals surface area contributed by atoms with Gasteiger partial charge in [-0.05, 0) is 48.9 Å². The van der Waals surface area contributed by atoms with Crippen molar-refractivity contribution >= 4 is 33.4 Å². The Morgan fingerprint density at radius 3 is 2.04 bits per heavy atom. The number of hydrogen-bond acceptors (Lipinski definition) is 4. The third-order valence-corrected chi connectivity index (χ3v) is 3.74. The zero-order valence-corrected chi connectivity index (χ0v) is 14.3. The average Bonchev–Trinajstić information content (AvgIpc) is 2.53. The minimum absolute atomic E-state index is 0.0450. The summed E-state index contributed by atoms with van der Waals surface area (Å²) in [6.45, 7) is 1.73. The summed E-state index contributed by atoms with van der Waals surface area (Å²) >= 11 is 0. The smallest absolute Gasteiger partial charge is 0.319 e. The van der Waals surface area contributed by atoms with E-state index in [1.807, 2.05) is 0 Å². The maximum absolute atomic E-state index is 11.9. The molecule has 0 saturated heterocycles. The Morgan fingerprint density at radius 1 is 0.960 bits per heavy atom. The molecule has 2 aromatic rings. The number of benzene rings is 2. The van der Waals surface area contributed by atoms with Crippen LogP contribution in [-0.2, 0) is 16.8 Å². The number of nitrogens with one attached hydrogen (secondary N) is 3. The topological polar surface area (TPSA) is 130 Å². The number of hydrogen-bond donors (Lipinski definition) is 4. The Balaban J connectivity index is 1.86. The molecule has 0 spiro atoms. The largest absolute Gasteiger partial charge is 0.334 e. The molecule has 25 heavy (non-hydrogen) atoms. The second-order valence-electron chi connectivity index (χ2n) is 5.29. The van der Waals surface area contributed by atoms with Gasteiger partial charge in [-0.25, -0.2) is 9.93 Å². The molecule has 0 aliphatic heterocycles. The molecule has 0 heterocycles. The molecule has 0 saturated carbocycles. The first-order valence-electron chi connectivity index (χ1n) is 7.28. The number of anilines is 2. The van der Waals surface area contributed by atoms with Crippen molar-refractivity contribution in [2.24, 2.45) is 5.14 Å². The normalized spacial score (nSPS) is 10.8. The number of carbonyl (C=O) groups is 2. The Labute approximate surface area is 145 Å². The van der Waals surface area contributed by atoms with E-state index in [0.29, 0.717) is 16.9 Å². The van der Waals surface area contributed by atoms with Crippen molar-refractivity contribution < 1.29 is 18.0 Å². The van der Waals surface area contributed by atoms with Crippen LogP contribution in [0.5, 0.6) is 0 Å². The molecular formula is C16H18N4O4S. The van der Waals surface area contributed by atoms with Crippen LogP contribution in [0.25, 0.3) is 0 Å². The van der Waals surface area contributed by atoms with Gasteiger partial charge in [0.25, 0.3) is 10.2 Å². The molecule has 132 valence electrons. The fourth-order valence-electron chi connectivity index (χ4n) is 2.00. The number of urea groups is 1. The lowest BCUT2D eigenvalue weighted by Crippen LogP contribution is -2.28. The van der Waals surface area contributed by atoms with Crippen LogP contribution in [0.1, 0.15) is 22.8 Å². The summed E-state index contributed by atoms with van der Waals surface area (Å²) in [6, 6.07) is 12.6. The van der Waals surface area contributed by atoms with Crippen LogP contribution in [0.3, 0.4) is 0 Å². The summed E-state index contributed by atoms with van der Waals surface area (Å²) < 4.78 is 24.0. The number of amides is 2. The highest BCUT2D eigenvalue weighted by Crippen LogP contribution is 2.11. The minimum Gasteiger partial charge on any atom is -0.334 e. The van der Waals surface area contributed by atoms with Gasteiger partial charge < -0.3 is 10.6 Å². The van der Waals surface area contributed by atoms with E-state index in [0.717, 1.165) is 5.56 Å². The van der Waals surface area contributed by atoms with Crippen LogP contribution < -0.4 is 20.5 Å². The van der Waals surface area contributed by atoms with E-state index >= 15 is 0 Å². The van der Waals surface area contributed by atoms with Gasteiger partial charge in [-0.1, -0.05) is 12.1 Å². The summed E-state index contributed by atoms with van der Waals surface area (Å²) in [7, 11) is -3.81. The van der Waals surface area contributed by atoms with Crippen LogP contribution >= 0.6 is 0 Å². The standard InChI is InChI=1S/C16H18N4O4S/c1-11(21)13-4-8-14(9-5-13)19-16(22)18-10-12-2-6-15(7-3-12)20-25(17,23)24/h2-9,20H,10H2,1H3,(H2,17,23,24)(H2,18,19,22). The molecule has 0 unspecified atom stereocenters. The molecule has 0 radical (unpaired) electrons. The summed E-state index contributed by atoms with van der Waals surface area (Å²) in [6.07, 6.45) is 0. The average molecular weight is 362 g/mol. The molecule has 2 aromatic carbocycles. The maximum atomic E-state index is 11.9. The first-order valence-corrected chi connectivity index (χ1v) is 8.83. The second kappa shape index (κ2) is 7.77. The molecule has 8 nitrogen and oxygen atoms in total. The Kier molecular flexibility index (Phi) is 5.73.